The molecule has 2 N–H and O–H groups in total. The van der Waals surface area contributed by atoms with Crippen LogP contribution in [0, 0.1) is 4.77 Å². The van der Waals surface area contributed by atoms with Gasteiger partial charge in [-0.15, -0.1) is 0 Å². The minimum absolute atomic E-state index is 0.0425. The highest BCUT2D eigenvalue weighted by Crippen LogP contribution is 2.20. The normalized spacial score (nSPS) is 11.2. The number of aromatic amines is 2. The SMILES string of the molecule is O=c1[nH]c(Cn2c(=S)[nH]c3cc(Br)ccc32)cs1. The van der Waals surface area contributed by atoms with Crippen molar-refractivity contribution < 1.29 is 0 Å². The molecule has 0 atom stereocenters. The Labute approximate surface area is 119 Å². The average Bonchev–Trinajstić information content (AvgIpc) is 2.84. The van der Waals surface area contributed by atoms with Gasteiger partial charge in [0.05, 0.1) is 17.6 Å². The molecule has 2 heterocycles. The Morgan fingerprint density at radius 3 is 2.94 bits per heavy atom. The Kier molecular flexibility index (Phi) is 2.96. The van der Waals surface area contributed by atoms with Crippen molar-refractivity contribution in [3.05, 3.63) is 48.2 Å². The third-order valence-corrected chi connectivity index (χ3v) is 4.17. The summed E-state index contributed by atoms with van der Waals surface area (Å²) in [6.45, 7) is 0.569. The van der Waals surface area contributed by atoms with Gasteiger partial charge in [-0.1, -0.05) is 27.3 Å². The van der Waals surface area contributed by atoms with Crippen molar-refractivity contribution in [1.82, 2.24) is 14.5 Å². The van der Waals surface area contributed by atoms with Crippen molar-refractivity contribution in [2.24, 2.45) is 0 Å². The molecule has 0 aliphatic heterocycles. The van der Waals surface area contributed by atoms with Gasteiger partial charge in [-0.25, -0.2) is 0 Å². The van der Waals surface area contributed by atoms with Crippen LogP contribution in [0.2, 0.25) is 0 Å². The molecule has 3 rings (SSSR count). The van der Waals surface area contributed by atoms with Crippen LogP contribution in [0.4, 0.5) is 0 Å². The molecule has 3 aromatic rings. The summed E-state index contributed by atoms with van der Waals surface area (Å²) in [5.74, 6) is 0. The molecule has 0 aliphatic carbocycles. The highest BCUT2D eigenvalue weighted by molar-refractivity contribution is 9.10. The maximum Gasteiger partial charge on any atom is 0.304 e. The van der Waals surface area contributed by atoms with E-state index >= 15 is 0 Å². The summed E-state index contributed by atoms with van der Waals surface area (Å²) in [7, 11) is 0. The molecule has 0 fully saturated rings. The second kappa shape index (κ2) is 4.49. The molecular weight excluding hydrogens is 334 g/mol. The highest BCUT2D eigenvalue weighted by Gasteiger charge is 2.06. The Balaban J connectivity index is 2.14. The van der Waals surface area contributed by atoms with Gasteiger partial charge >= 0.3 is 4.87 Å². The number of fused-ring (bicyclic) bond motifs is 1. The van der Waals surface area contributed by atoms with E-state index in [4.69, 9.17) is 12.2 Å². The summed E-state index contributed by atoms with van der Waals surface area (Å²) in [6.07, 6.45) is 0. The first-order valence-corrected chi connectivity index (χ1v) is 7.26. The summed E-state index contributed by atoms with van der Waals surface area (Å²) in [6, 6.07) is 5.95. The maximum absolute atomic E-state index is 11.1. The van der Waals surface area contributed by atoms with Crippen molar-refractivity contribution in [2.45, 2.75) is 6.54 Å². The highest BCUT2D eigenvalue weighted by atomic mass is 79.9. The minimum Gasteiger partial charge on any atom is -0.331 e. The minimum atomic E-state index is -0.0425. The smallest absolute Gasteiger partial charge is 0.304 e. The van der Waals surface area contributed by atoms with Crippen molar-refractivity contribution in [2.75, 3.05) is 0 Å². The monoisotopic (exact) mass is 341 g/mol. The Morgan fingerprint density at radius 2 is 2.22 bits per heavy atom. The van der Waals surface area contributed by atoms with Gasteiger partial charge in [-0.05, 0) is 30.4 Å². The van der Waals surface area contributed by atoms with Crippen LogP contribution in [-0.2, 0) is 6.54 Å². The number of hydrogen-bond donors (Lipinski definition) is 2. The fourth-order valence-corrected chi connectivity index (χ4v) is 3.06. The second-order valence-corrected chi connectivity index (χ2v) is 6.00. The summed E-state index contributed by atoms with van der Waals surface area (Å²) in [4.78, 5) is 17.0. The number of hydrogen-bond acceptors (Lipinski definition) is 3. The fourth-order valence-electron chi connectivity index (χ4n) is 1.85. The van der Waals surface area contributed by atoms with E-state index in [0.717, 1.165) is 32.5 Å². The molecule has 1 aromatic carbocycles. The zero-order valence-electron chi connectivity index (χ0n) is 9.07. The van der Waals surface area contributed by atoms with Crippen LogP contribution in [0.5, 0.6) is 0 Å². The van der Waals surface area contributed by atoms with E-state index in [1.165, 1.54) is 0 Å². The number of aromatic nitrogens is 3. The molecule has 0 bridgehead atoms. The van der Waals surface area contributed by atoms with Gasteiger partial charge in [0.25, 0.3) is 0 Å². The van der Waals surface area contributed by atoms with E-state index in [0.29, 0.717) is 11.3 Å². The molecule has 7 heteroatoms. The third-order valence-electron chi connectivity index (χ3n) is 2.64. The van der Waals surface area contributed by atoms with Crippen LogP contribution >= 0.6 is 39.5 Å². The van der Waals surface area contributed by atoms with Crippen LogP contribution < -0.4 is 4.87 Å². The van der Waals surface area contributed by atoms with Gasteiger partial charge in [0, 0.05) is 15.5 Å². The number of H-pyrrole nitrogens is 2. The zero-order chi connectivity index (χ0) is 12.7. The Hall–Kier alpha value is -1.18. The number of thiazole rings is 1. The third kappa shape index (κ3) is 2.09. The van der Waals surface area contributed by atoms with Gasteiger partial charge in [-0.2, -0.15) is 0 Å². The topological polar surface area (TPSA) is 53.6 Å². The van der Waals surface area contributed by atoms with E-state index in [-0.39, 0.29) is 4.87 Å². The van der Waals surface area contributed by atoms with Crippen LogP contribution in [0.15, 0.2) is 32.8 Å². The van der Waals surface area contributed by atoms with E-state index in [1.54, 1.807) is 0 Å². The molecule has 0 unspecified atom stereocenters. The number of imidazole rings is 1. The lowest BCUT2D eigenvalue weighted by Gasteiger charge is -2.02. The molecule has 92 valence electrons. The van der Waals surface area contributed by atoms with Gasteiger partial charge < -0.3 is 14.5 Å². The summed E-state index contributed by atoms with van der Waals surface area (Å²) in [5.41, 5.74) is 2.87. The summed E-state index contributed by atoms with van der Waals surface area (Å²) >= 11 is 9.90. The lowest BCUT2D eigenvalue weighted by molar-refractivity contribution is 0.789. The standard InChI is InChI=1S/C11H8BrN3OS2/c12-6-1-2-9-8(3-6)14-10(17)15(9)4-7-5-18-11(16)13-7/h1-3,5H,4H2,(H,13,16)(H,14,17). The van der Waals surface area contributed by atoms with Crippen LogP contribution in [0.3, 0.4) is 0 Å². The van der Waals surface area contributed by atoms with Gasteiger partial charge in [0.1, 0.15) is 0 Å². The largest absolute Gasteiger partial charge is 0.331 e. The Bertz CT molecular complexity index is 827. The van der Waals surface area contributed by atoms with Crippen LogP contribution in [0.1, 0.15) is 5.69 Å². The second-order valence-electron chi connectivity index (χ2n) is 3.85. The molecule has 18 heavy (non-hydrogen) atoms. The van der Waals surface area contributed by atoms with Crippen LogP contribution in [0.25, 0.3) is 11.0 Å². The first-order chi connectivity index (χ1) is 8.63. The quantitative estimate of drug-likeness (QED) is 0.703. The van der Waals surface area contributed by atoms with E-state index in [2.05, 4.69) is 25.9 Å². The number of nitrogens with one attached hydrogen (secondary N) is 2. The Morgan fingerprint density at radius 1 is 1.39 bits per heavy atom. The molecule has 0 saturated heterocycles. The van der Waals surface area contributed by atoms with Crippen molar-refractivity contribution >= 4 is 50.5 Å². The number of rotatable bonds is 2. The molecule has 2 aromatic heterocycles. The number of benzene rings is 1. The van der Waals surface area contributed by atoms with Gasteiger partial charge in [-0.3, -0.25) is 4.79 Å². The number of halogens is 1. The van der Waals surface area contributed by atoms with Crippen molar-refractivity contribution in [3.8, 4) is 0 Å². The first-order valence-electron chi connectivity index (χ1n) is 5.18. The van der Waals surface area contributed by atoms with Gasteiger partial charge in [0.15, 0.2) is 4.77 Å². The molecule has 0 amide bonds. The van der Waals surface area contributed by atoms with E-state index < -0.39 is 0 Å². The van der Waals surface area contributed by atoms with Crippen molar-refractivity contribution in [3.63, 3.8) is 0 Å². The molecule has 4 nitrogen and oxygen atoms in total. The lowest BCUT2D eigenvalue weighted by atomic mass is 10.3. The molecule has 0 aliphatic rings. The summed E-state index contributed by atoms with van der Waals surface area (Å²) < 4.78 is 3.62. The summed E-state index contributed by atoms with van der Waals surface area (Å²) in [5, 5.41) is 1.82. The predicted molar refractivity (Wildman–Crippen MR) is 78.9 cm³/mol. The molecular formula is C11H8BrN3OS2. The average molecular weight is 342 g/mol. The molecule has 0 saturated carbocycles. The zero-order valence-corrected chi connectivity index (χ0v) is 12.3. The first kappa shape index (κ1) is 11.9. The van der Waals surface area contributed by atoms with Crippen molar-refractivity contribution in [1.29, 1.82) is 0 Å². The predicted octanol–water partition coefficient (Wildman–Crippen LogP) is 3.26. The number of nitrogens with zero attached hydrogens (tertiary/aromatic N) is 1. The van der Waals surface area contributed by atoms with E-state index in [9.17, 15) is 4.79 Å². The van der Waals surface area contributed by atoms with E-state index in [1.807, 2.05) is 28.1 Å². The maximum atomic E-state index is 11.1. The lowest BCUT2D eigenvalue weighted by Crippen LogP contribution is -2.02. The van der Waals surface area contributed by atoms with Gasteiger partial charge in [0.2, 0.25) is 0 Å². The molecule has 0 radical (unpaired) electrons. The fraction of sp³-hybridized carbons (Fsp3) is 0.0909. The van der Waals surface area contributed by atoms with Crippen LogP contribution in [-0.4, -0.2) is 14.5 Å². The molecule has 0 spiro atoms.